The molecular weight excluding hydrogens is 404 g/mol. The molecule has 0 aliphatic carbocycles. The number of hydrogen-bond acceptors (Lipinski definition) is 5. The molecule has 0 aliphatic heterocycles. The Morgan fingerprint density at radius 1 is 1.09 bits per heavy atom. The maximum absolute atomic E-state index is 13.0. The number of carbonyl (C=O) groups is 1. The summed E-state index contributed by atoms with van der Waals surface area (Å²) in [4.78, 5) is 20.0. The molecule has 1 N–H and O–H groups in total. The van der Waals surface area contributed by atoms with Gasteiger partial charge < -0.3 is 9.47 Å². The van der Waals surface area contributed by atoms with Crippen molar-refractivity contribution in [3.05, 3.63) is 59.7 Å². The van der Waals surface area contributed by atoms with Gasteiger partial charge in [0.1, 0.15) is 6.67 Å². The summed E-state index contributed by atoms with van der Waals surface area (Å²) in [5, 5.41) is 11.8. The van der Waals surface area contributed by atoms with E-state index in [1.807, 2.05) is 48.9 Å². The van der Waals surface area contributed by atoms with Crippen LogP contribution in [0.2, 0.25) is 0 Å². The summed E-state index contributed by atoms with van der Waals surface area (Å²) >= 11 is 0. The van der Waals surface area contributed by atoms with Crippen molar-refractivity contribution < 1.29 is 4.79 Å². The van der Waals surface area contributed by atoms with Gasteiger partial charge in [0.2, 0.25) is 5.95 Å². The van der Waals surface area contributed by atoms with Crippen LogP contribution in [0.15, 0.2) is 42.6 Å². The van der Waals surface area contributed by atoms with E-state index < -0.39 is 0 Å². The molecule has 0 saturated heterocycles. The average Bonchev–Trinajstić information content (AvgIpc) is 3.47. The van der Waals surface area contributed by atoms with Gasteiger partial charge in [0.05, 0.1) is 16.7 Å². The summed E-state index contributed by atoms with van der Waals surface area (Å²) in [6, 6.07) is 11.7. The molecule has 4 rings (SSSR count). The van der Waals surface area contributed by atoms with Crippen LogP contribution < -0.4 is 5.32 Å². The van der Waals surface area contributed by atoms with Crippen molar-refractivity contribution in [3.63, 3.8) is 0 Å². The molecular formula is C23H30N8O. The Hall–Kier alpha value is -3.46. The van der Waals surface area contributed by atoms with Crippen molar-refractivity contribution in [1.29, 1.82) is 0 Å². The quantitative estimate of drug-likeness (QED) is 0.437. The van der Waals surface area contributed by atoms with Crippen molar-refractivity contribution in [2.24, 2.45) is 0 Å². The summed E-state index contributed by atoms with van der Waals surface area (Å²) in [5.74, 6) is 0.257. The minimum absolute atomic E-state index is 0.281. The van der Waals surface area contributed by atoms with E-state index in [2.05, 4.69) is 43.8 Å². The van der Waals surface area contributed by atoms with Gasteiger partial charge in [-0.1, -0.05) is 26.0 Å². The molecule has 0 saturated carbocycles. The van der Waals surface area contributed by atoms with Crippen LogP contribution in [0.4, 0.5) is 5.95 Å². The average molecular weight is 435 g/mol. The van der Waals surface area contributed by atoms with E-state index in [-0.39, 0.29) is 5.91 Å². The number of hydrogen-bond donors (Lipinski definition) is 1. The lowest BCUT2D eigenvalue weighted by atomic mass is 10.3. The molecule has 1 amide bonds. The second-order valence-electron chi connectivity index (χ2n) is 7.87. The van der Waals surface area contributed by atoms with Gasteiger partial charge in [-0.2, -0.15) is 10.2 Å². The smallest absolute Gasteiger partial charge is 0.278 e. The molecule has 9 nitrogen and oxygen atoms in total. The van der Waals surface area contributed by atoms with Crippen LogP contribution in [-0.4, -0.2) is 59.6 Å². The maximum Gasteiger partial charge on any atom is 0.278 e. The summed E-state index contributed by atoms with van der Waals surface area (Å²) in [6.45, 7) is 12.3. The fourth-order valence-electron chi connectivity index (χ4n) is 3.86. The Morgan fingerprint density at radius 3 is 2.59 bits per heavy atom. The van der Waals surface area contributed by atoms with Crippen molar-refractivity contribution in [2.75, 3.05) is 25.0 Å². The lowest BCUT2D eigenvalue weighted by Crippen LogP contribution is -2.27. The number of carbonyl (C=O) groups excluding carboxylic acids is 1. The van der Waals surface area contributed by atoms with Crippen LogP contribution in [0.3, 0.4) is 0 Å². The summed E-state index contributed by atoms with van der Waals surface area (Å²) in [6.07, 6.45) is 1.79. The van der Waals surface area contributed by atoms with Crippen molar-refractivity contribution in [2.45, 2.75) is 40.9 Å². The van der Waals surface area contributed by atoms with E-state index in [9.17, 15) is 4.79 Å². The van der Waals surface area contributed by atoms with Gasteiger partial charge in [0, 0.05) is 25.0 Å². The molecule has 168 valence electrons. The van der Waals surface area contributed by atoms with Gasteiger partial charge in [-0.25, -0.2) is 9.67 Å². The molecule has 0 radical (unpaired) electrons. The summed E-state index contributed by atoms with van der Waals surface area (Å²) < 4.78 is 5.63. The maximum atomic E-state index is 13.0. The third-order valence-corrected chi connectivity index (χ3v) is 5.67. The Kier molecular flexibility index (Phi) is 6.36. The standard InChI is InChI=1S/C23H30N8O/c1-5-28(6-2)13-14-30-21-10-8-7-9-19(21)24-23(30)25-22(32)20-11-12-29(27-20)16-31-18(4)15-17(3)26-31/h7-12,15H,5-6,13-14,16H2,1-4H3,(H,24,25,32). The van der Waals surface area contributed by atoms with E-state index in [1.54, 1.807) is 16.9 Å². The zero-order valence-corrected chi connectivity index (χ0v) is 19.1. The van der Waals surface area contributed by atoms with Crippen LogP contribution in [0.5, 0.6) is 0 Å². The molecule has 3 heterocycles. The van der Waals surface area contributed by atoms with E-state index in [1.165, 1.54) is 0 Å². The number of nitrogens with one attached hydrogen (secondary N) is 1. The highest BCUT2D eigenvalue weighted by atomic mass is 16.2. The lowest BCUT2D eigenvalue weighted by molar-refractivity contribution is 0.102. The van der Waals surface area contributed by atoms with E-state index in [0.717, 1.165) is 48.6 Å². The highest BCUT2D eigenvalue weighted by molar-refractivity contribution is 6.02. The highest BCUT2D eigenvalue weighted by Gasteiger charge is 2.17. The predicted molar refractivity (Wildman–Crippen MR) is 125 cm³/mol. The molecule has 0 aliphatic rings. The van der Waals surface area contributed by atoms with Gasteiger partial charge in [-0.3, -0.25) is 14.8 Å². The third-order valence-electron chi connectivity index (χ3n) is 5.67. The normalized spacial score (nSPS) is 11.5. The monoisotopic (exact) mass is 434 g/mol. The fraction of sp³-hybridized carbons (Fsp3) is 0.391. The van der Waals surface area contributed by atoms with Crippen molar-refractivity contribution in [1.82, 2.24) is 34.0 Å². The molecule has 0 unspecified atom stereocenters. The summed E-state index contributed by atoms with van der Waals surface area (Å²) in [7, 11) is 0. The first kappa shape index (κ1) is 21.8. The van der Waals surface area contributed by atoms with E-state index in [0.29, 0.717) is 18.3 Å². The van der Waals surface area contributed by atoms with Crippen LogP contribution in [0, 0.1) is 13.8 Å². The molecule has 0 spiro atoms. The Bertz CT molecular complexity index is 1210. The number of aryl methyl sites for hydroxylation is 2. The minimum atomic E-state index is -0.281. The third kappa shape index (κ3) is 4.57. The first-order chi connectivity index (χ1) is 15.5. The van der Waals surface area contributed by atoms with Gasteiger partial charge in [0.25, 0.3) is 5.91 Å². The number of para-hydroxylation sites is 2. The van der Waals surface area contributed by atoms with Gasteiger partial charge in [-0.05, 0) is 51.2 Å². The van der Waals surface area contributed by atoms with Crippen LogP contribution >= 0.6 is 0 Å². The second-order valence-corrected chi connectivity index (χ2v) is 7.87. The molecule has 0 fully saturated rings. The van der Waals surface area contributed by atoms with Gasteiger partial charge in [0.15, 0.2) is 5.69 Å². The molecule has 1 aromatic carbocycles. The largest absolute Gasteiger partial charge is 0.309 e. The van der Waals surface area contributed by atoms with Crippen LogP contribution in [-0.2, 0) is 13.2 Å². The van der Waals surface area contributed by atoms with Crippen molar-refractivity contribution in [3.8, 4) is 0 Å². The molecule has 3 aromatic heterocycles. The number of nitrogens with zero attached hydrogens (tertiary/aromatic N) is 7. The number of anilines is 1. The number of aromatic nitrogens is 6. The van der Waals surface area contributed by atoms with Crippen LogP contribution in [0.25, 0.3) is 11.0 Å². The van der Waals surface area contributed by atoms with Crippen molar-refractivity contribution >= 4 is 22.9 Å². The molecule has 4 aromatic rings. The van der Waals surface area contributed by atoms with Gasteiger partial charge in [-0.15, -0.1) is 0 Å². The van der Waals surface area contributed by atoms with Crippen LogP contribution in [0.1, 0.15) is 35.7 Å². The number of fused-ring (bicyclic) bond motifs is 1. The zero-order valence-electron chi connectivity index (χ0n) is 19.1. The Balaban J connectivity index is 1.53. The van der Waals surface area contributed by atoms with Gasteiger partial charge >= 0.3 is 0 Å². The Morgan fingerprint density at radius 2 is 1.88 bits per heavy atom. The highest BCUT2D eigenvalue weighted by Crippen LogP contribution is 2.20. The first-order valence-corrected chi connectivity index (χ1v) is 11.0. The zero-order chi connectivity index (χ0) is 22.7. The van der Waals surface area contributed by atoms with E-state index in [4.69, 9.17) is 0 Å². The predicted octanol–water partition coefficient (Wildman–Crippen LogP) is 3.15. The minimum Gasteiger partial charge on any atom is -0.309 e. The molecule has 0 atom stereocenters. The SMILES string of the molecule is CCN(CC)CCn1c(NC(=O)c2ccn(Cn3nc(C)cc3C)n2)nc2ccccc21. The summed E-state index contributed by atoms with van der Waals surface area (Å²) in [5.41, 5.74) is 4.21. The molecule has 0 bridgehead atoms. The number of amides is 1. The number of benzene rings is 1. The number of rotatable bonds is 9. The first-order valence-electron chi connectivity index (χ1n) is 11.0. The molecule has 9 heteroatoms. The lowest BCUT2D eigenvalue weighted by Gasteiger charge is -2.19. The van der Waals surface area contributed by atoms with E-state index >= 15 is 0 Å². The number of likely N-dealkylation sites (N-methyl/N-ethyl adjacent to an activating group) is 1. The second kappa shape index (κ2) is 9.35. The topological polar surface area (TPSA) is 85.8 Å². The molecule has 32 heavy (non-hydrogen) atoms. The fourth-order valence-corrected chi connectivity index (χ4v) is 3.86. The Labute approximate surface area is 187 Å². The number of imidazole rings is 1.